The molecule has 2 aromatic rings. The number of nitrogens with one attached hydrogen (secondary N) is 1. The fourth-order valence-electron chi connectivity index (χ4n) is 3.62. The minimum Gasteiger partial charge on any atom is -0.394 e. The Hall–Kier alpha value is -3.15. The van der Waals surface area contributed by atoms with Crippen LogP contribution in [0.4, 0.5) is 39.5 Å². The van der Waals surface area contributed by atoms with E-state index in [1.807, 2.05) is 0 Å². The van der Waals surface area contributed by atoms with Crippen LogP contribution in [0.5, 0.6) is 0 Å². The summed E-state index contributed by atoms with van der Waals surface area (Å²) >= 11 is 0. The Morgan fingerprint density at radius 3 is 1.86 bits per heavy atom. The highest BCUT2D eigenvalue weighted by atomic mass is 19.4. The summed E-state index contributed by atoms with van der Waals surface area (Å²) in [6, 6.07) is -0.379. The van der Waals surface area contributed by atoms with Gasteiger partial charge >= 0.3 is 24.2 Å². The fourth-order valence-corrected chi connectivity index (χ4v) is 3.62. The largest absolute Gasteiger partial charge is 0.417 e. The molecule has 0 radical (unpaired) electrons. The third-order valence-electron chi connectivity index (χ3n) is 5.30. The first-order valence-electron chi connectivity index (χ1n) is 9.92. The van der Waals surface area contributed by atoms with Crippen molar-refractivity contribution < 1.29 is 59.6 Å². The molecule has 0 bridgehead atoms. The summed E-state index contributed by atoms with van der Waals surface area (Å²) in [6.45, 7) is -0.781. The molecule has 204 valence electrons. The molecule has 1 saturated heterocycles. The molecule has 1 aliphatic heterocycles. The number of aliphatic hydroxyl groups excluding tert-OH is 3. The SMILES string of the molecule is O=c1[nH]c(=O)n([C@@H]2O[C@H](CO)[C@@H](O)[C@H]2O)cc1/C=C/c1cc(C(F)(F)F)c(C(F)(F)F)c(C(F)(F)F)c1. The summed E-state index contributed by atoms with van der Waals surface area (Å²) in [5.41, 5.74) is -12.2. The van der Waals surface area contributed by atoms with Gasteiger partial charge in [-0.15, -0.1) is 0 Å². The Kier molecular flexibility index (Phi) is 7.39. The number of hydrogen-bond acceptors (Lipinski definition) is 6. The number of benzene rings is 1. The minimum absolute atomic E-state index is 0.190. The molecule has 0 saturated carbocycles. The van der Waals surface area contributed by atoms with Gasteiger partial charge in [0.05, 0.1) is 28.9 Å². The van der Waals surface area contributed by atoms with Gasteiger partial charge in [0.15, 0.2) is 6.23 Å². The molecule has 3 rings (SSSR count). The maximum atomic E-state index is 13.3. The zero-order valence-electron chi connectivity index (χ0n) is 17.8. The van der Waals surface area contributed by atoms with Crippen LogP contribution >= 0.6 is 0 Å². The zero-order chi connectivity index (χ0) is 28.1. The van der Waals surface area contributed by atoms with Crippen LogP contribution in [-0.2, 0) is 23.3 Å². The van der Waals surface area contributed by atoms with Crippen molar-refractivity contribution in [2.75, 3.05) is 6.61 Å². The van der Waals surface area contributed by atoms with E-state index in [1.165, 1.54) is 0 Å². The Balaban J connectivity index is 2.14. The second-order valence-electron chi connectivity index (χ2n) is 7.80. The summed E-state index contributed by atoms with van der Waals surface area (Å²) < 4.78 is 125. The van der Waals surface area contributed by atoms with E-state index in [0.717, 1.165) is 0 Å². The fraction of sp³-hybridized carbons (Fsp3) is 0.400. The van der Waals surface area contributed by atoms with Crippen LogP contribution in [0.3, 0.4) is 0 Å². The Morgan fingerprint density at radius 2 is 1.43 bits per heavy atom. The van der Waals surface area contributed by atoms with Crippen LogP contribution < -0.4 is 11.2 Å². The van der Waals surface area contributed by atoms with Crippen LogP contribution in [0, 0.1) is 0 Å². The van der Waals surface area contributed by atoms with Crippen molar-refractivity contribution >= 4 is 12.2 Å². The van der Waals surface area contributed by atoms with Gasteiger partial charge in [-0.3, -0.25) is 14.3 Å². The Bertz CT molecular complexity index is 1270. The number of aliphatic hydroxyl groups is 3. The second-order valence-corrected chi connectivity index (χ2v) is 7.80. The lowest BCUT2D eigenvalue weighted by molar-refractivity contribution is -0.174. The van der Waals surface area contributed by atoms with Crippen LogP contribution in [0.1, 0.15) is 34.0 Å². The van der Waals surface area contributed by atoms with Gasteiger partial charge in [0, 0.05) is 6.20 Å². The molecular formula is C20H15F9N2O6. The van der Waals surface area contributed by atoms with Crippen LogP contribution in [0.15, 0.2) is 27.9 Å². The number of rotatable bonds is 4. The van der Waals surface area contributed by atoms with Crippen molar-refractivity contribution in [3.8, 4) is 0 Å². The molecule has 17 heteroatoms. The van der Waals surface area contributed by atoms with Crippen molar-refractivity contribution in [2.24, 2.45) is 0 Å². The number of halogens is 9. The molecule has 0 amide bonds. The van der Waals surface area contributed by atoms with Crippen molar-refractivity contribution in [3.63, 3.8) is 0 Å². The summed E-state index contributed by atoms with van der Waals surface area (Å²) in [5.74, 6) is 0. The summed E-state index contributed by atoms with van der Waals surface area (Å²) in [5, 5.41) is 29.0. The molecule has 4 atom stereocenters. The first-order chi connectivity index (χ1) is 16.9. The summed E-state index contributed by atoms with van der Waals surface area (Å²) in [4.78, 5) is 26.0. The molecular weight excluding hydrogens is 535 g/mol. The lowest BCUT2D eigenvalue weighted by Crippen LogP contribution is -2.38. The highest BCUT2D eigenvalue weighted by Gasteiger charge is 2.50. The van der Waals surface area contributed by atoms with Crippen molar-refractivity contribution in [1.82, 2.24) is 9.55 Å². The van der Waals surface area contributed by atoms with Crippen LogP contribution in [-0.4, -0.2) is 49.8 Å². The Morgan fingerprint density at radius 1 is 0.892 bits per heavy atom. The maximum Gasteiger partial charge on any atom is 0.417 e. The highest BCUT2D eigenvalue weighted by molar-refractivity contribution is 5.70. The van der Waals surface area contributed by atoms with Gasteiger partial charge in [-0.1, -0.05) is 6.08 Å². The van der Waals surface area contributed by atoms with Crippen LogP contribution in [0.25, 0.3) is 12.2 Å². The molecule has 2 heterocycles. The van der Waals surface area contributed by atoms with Gasteiger partial charge in [-0.05, 0) is 23.8 Å². The van der Waals surface area contributed by atoms with E-state index in [9.17, 15) is 59.3 Å². The maximum absolute atomic E-state index is 13.3. The summed E-state index contributed by atoms with van der Waals surface area (Å²) in [6.07, 6.45) is -22.4. The van der Waals surface area contributed by atoms with E-state index >= 15 is 0 Å². The van der Waals surface area contributed by atoms with Crippen molar-refractivity contribution in [1.29, 1.82) is 0 Å². The smallest absolute Gasteiger partial charge is 0.394 e. The predicted molar refractivity (Wildman–Crippen MR) is 105 cm³/mol. The van der Waals surface area contributed by atoms with Crippen LogP contribution in [0.2, 0.25) is 0 Å². The number of H-pyrrole nitrogens is 1. The molecule has 8 nitrogen and oxygen atoms in total. The normalized spacial score (nSPS) is 23.2. The minimum atomic E-state index is -6.01. The van der Waals surface area contributed by atoms with Gasteiger partial charge in [-0.25, -0.2) is 4.79 Å². The average molecular weight is 550 g/mol. The lowest BCUT2D eigenvalue weighted by atomic mass is 9.95. The van der Waals surface area contributed by atoms with E-state index in [1.54, 1.807) is 4.98 Å². The van der Waals surface area contributed by atoms with E-state index in [2.05, 4.69) is 0 Å². The molecule has 1 aromatic carbocycles. The van der Waals surface area contributed by atoms with Gasteiger partial charge in [0.2, 0.25) is 0 Å². The molecule has 1 aliphatic rings. The van der Waals surface area contributed by atoms with E-state index in [4.69, 9.17) is 9.84 Å². The number of aromatic amines is 1. The van der Waals surface area contributed by atoms with E-state index in [0.29, 0.717) is 22.9 Å². The molecule has 0 aliphatic carbocycles. The van der Waals surface area contributed by atoms with Gasteiger partial charge in [0.25, 0.3) is 5.56 Å². The second kappa shape index (κ2) is 9.62. The molecule has 0 spiro atoms. The molecule has 4 N–H and O–H groups in total. The monoisotopic (exact) mass is 550 g/mol. The standard InChI is InChI=1S/C20H15F9N2O6/c21-18(22,23)9-3-7(4-10(19(24,25)26)12(9)20(27,28)29)1-2-8-5-31(17(36)30-15(8)35)16-14(34)13(33)11(6-32)37-16/h1-5,11,13-14,16,32-34H,6H2,(H,30,35,36)/b2-1+/t11-,13-,14-,16-/m1/s1. The van der Waals surface area contributed by atoms with Crippen molar-refractivity contribution in [2.45, 2.75) is 43.1 Å². The van der Waals surface area contributed by atoms with Gasteiger partial charge in [0.1, 0.15) is 18.3 Å². The number of aromatic nitrogens is 2. The molecule has 37 heavy (non-hydrogen) atoms. The van der Waals surface area contributed by atoms with Crippen molar-refractivity contribution in [3.05, 3.63) is 67.0 Å². The number of alkyl halides is 9. The predicted octanol–water partition coefficient (Wildman–Crippen LogP) is 2.37. The summed E-state index contributed by atoms with van der Waals surface area (Å²) in [7, 11) is 0. The lowest BCUT2D eigenvalue weighted by Gasteiger charge is -2.21. The third-order valence-corrected chi connectivity index (χ3v) is 5.30. The molecule has 1 fully saturated rings. The quantitative estimate of drug-likeness (QED) is 0.434. The average Bonchev–Trinajstić information content (AvgIpc) is 3.04. The first-order valence-corrected chi connectivity index (χ1v) is 9.92. The number of hydrogen-bond donors (Lipinski definition) is 4. The third kappa shape index (κ3) is 5.73. The van der Waals surface area contributed by atoms with E-state index in [-0.39, 0.29) is 12.1 Å². The van der Waals surface area contributed by atoms with E-state index < -0.39 is 88.7 Å². The zero-order valence-corrected chi connectivity index (χ0v) is 17.8. The first kappa shape index (κ1) is 28.4. The van der Waals surface area contributed by atoms with Gasteiger partial charge in [-0.2, -0.15) is 39.5 Å². The molecule has 0 unspecified atom stereocenters. The number of ether oxygens (including phenoxy) is 1. The van der Waals surface area contributed by atoms with Gasteiger partial charge < -0.3 is 20.1 Å². The Labute approximate surface area is 198 Å². The molecule has 1 aromatic heterocycles. The number of nitrogens with zero attached hydrogens (tertiary/aromatic N) is 1. The topological polar surface area (TPSA) is 125 Å². The highest BCUT2D eigenvalue weighted by Crippen LogP contribution is 2.47.